The smallest absolute Gasteiger partial charge is 0.276 e. The van der Waals surface area contributed by atoms with Gasteiger partial charge in [0.1, 0.15) is 17.2 Å². The molecule has 1 aliphatic rings. The number of hydrogen-bond donors (Lipinski definition) is 1. The molecule has 2 aromatic rings. The zero-order valence-corrected chi connectivity index (χ0v) is 13.0. The number of nitrogens with zero attached hydrogens (tertiary/aromatic N) is 1. The summed E-state index contributed by atoms with van der Waals surface area (Å²) in [7, 11) is 0. The van der Waals surface area contributed by atoms with E-state index in [4.69, 9.17) is 0 Å². The van der Waals surface area contributed by atoms with E-state index < -0.39 is 17.6 Å². The minimum absolute atomic E-state index is 0.0120. The van der Waals surface area contributed by atoms with E-state index in [9.17, 15) is 18.8 Å². The van der Waals surface area contributed by atoms with E-state index in [1.165, 1.54) is 30.3 Å². The third-order valence-electron chi connectivity index (χ3n) is 3.57. The van der Waals surface area contributed by atoms with Crippen LogP contribution >= 0.6 is 0 Å². The van der Waals surface area contributed by atoms with Gasteiger partial charge in [-0.1, -0.05) is 42.5 Å². The molecule has 5 nitrogen and oxygen atoms in total. The summed E-state index contributed by atoms with van der Waals surface area (Å²) in [4.78, 5) is 40.1. The van der Waals surface area contributed by atoms with Gasteiger partial charge in [0.2, 0.25) is 0 Å². The molecule has 0 aliphatic carbocycles. The van der Waals surface area contributed by atoms with Crippen molar-refractivity contribution in [2.75, 3.05) is 0 Å². The first kappa shape index (κ1) is 16.4. The number of benzene rings is 2. The van der Waals surface area contributed by atoms with E-state index in [1.54, 1.807) is 30.3 Å². The highest BCUT2D eigenvalue weighted by Crippen LogP contribution is 2.14. The number of imide groups is 1. The zero-order valence-electron chi connectivity index (χ0n) is 13.0. The molecule has 0 fully saturated rings. The molecule has 25 heavy (non-hydrogen) atoms. The fraction of sp³-hybridized carbons (Fsp3) is 0.0526. The quantitative estimate of drug-likeness (QED) is 0.530. The predicted octanol–water partition coefficient (Wildman–Crippen LogP) is 2.54. The lowest BCUT2D eigenvalue weighted by molar-refractivity contribution is -0.125. The molecule has 3 rings (SSSR count). The molecule has 2 amide bonds. The Balaban J connectivity index is 1.87. The molecular weight excluding hydrogens is 323 g/mol. The Kier molecular flexibility index (Phi) is 4.61. The number of ketones is 1. The summed E-state index contributed by atoms with van der Waals surface area (Å²) >= 11 is 0. The summed E-state index contributed by atoms with van der Waals surface area (Å²) < 4.78 is 13.0. The van der Waals surface area contributed by atoms with Crippen molar-refractivity contribution >= 4 is 29.4 Å². The van der Waals surface area contributed by atoms with Crippen LogP contribution in [0.1, 0.15) is 22.3 Å². The average molecular weight is 336 g/mol. The van der Waals surface area contributed by atoms with Gasteiger partial charge in [-0.25, -0.2) is 9.38 Å². The zero-order chi connectivity index (χ0) is 17.8. The van der Waals surface area contributed by atoms with Crippen LogP contribution in [-0.2, 0) is 9.59 Å². The van der Waals surface area contributed by atoms with Gasteiger partial charge in [-0.3, -0.25) is 19.7 Å². The molecule has 0 spiro atoms. The van der Waals surface area contributed by atoms with Crippen LogP contribution in [0.5, 0.6) is 0 Å². The number of carbonyl (C=O) groups excluding carboxylic acids is 3. The summed E-state index contributed by atoms with van der Waals surface area (Å²) in [6, 6.07) is 14.0. The van der Waals surface area contributed by atoms with Crippen LogP contribution in [0.2, 0.25) is 0 Å². The molecule has 1 aliphatic heterocycles. The van der Waals surface area contributed by atoms with E-state index >= 15 is 0 Å². The molecule has 6 heteroatoms. The third kappa shape index (κ3) is 3.92. The molecule has 0 atom stereocenters. The van der Waals surface area contributed by atoms with E-state index in [0.29, 0.717) is 11.1 Å². The second-order valence-corrected chi connectivity index (χ2v) is 5.39. The van der Waals surface area contributed by atoms with Gasteiger partial charge in [-0.15, -0.1) is 0 Å². The Morgan fingerprint density at radius 2 is 1.68 bits per heavy atom. The first-order valence-corrected chi connectivity index (χ1v) is 7.52. The fourth-order valence-electron chi connectivity index (χ4n) is 2.30. The van der Waals surface area contributed by atoms with Crippen molar-refractivity contribution in [3.63, 3.8) is 0 Å². The van der Waals surface area contributed by atoms with Crippen LogP contribution in [0.15, 0.2) is 65.3 Å². The summed E-state index contributed by atoms with van der Waals surface area (Å²) in [6.07, 6.45) is 1.21. The number of nitrogens with one attached hydrogen (secondary N) is 1. The number of halogens is 1. The Labute approximate surface area is 142 Å². The largest absolute Gasteiger partial charge is 0.294 e. The molecule has 1 heterocycles. The SMILES string of the molecule is O=C1NC(=O)/C(=C\c2ccc(F)cc2)N=C1CC(=O)c1ccccc1. The number of hydrogen-bond acceptors (Lipinski definition) is 4. The fourth-order valence-corrected chi connectivity index (χ4v) is 2.30. The predicted molar refractivity (Wildman–Crippen MR) is 90.4 cm³/mol. The van der Waals surface area contributed by atoms with Crippen LogP contribution < -0.4 is 5.32 Å². The Hall–Kier alpha value is -3.41. The van der Waals surface area contributed by atoms with Crippen molar-refractivity contribution in [1.29, 1.82) is 0 Å². The van der Waals surface area contributed by atoms with Crippen molar-refractivity contribution in [1.82, 2.24) is 5.32 Å². The Bertz CT molecular complexity index is 900. The molecule has 2 aromatic carbocycles. The number of Topliss-reactive ketones (excluding diaryl/α,β-unsaturated/α-hetero) is 1. The number of rotatable bonds is 4. The Morgan fingerprint density at radius 3 is 2.36 bits per heavy atom. The standard InChI is InChI=1S/C19H13FN2O3/c20-14-8-6-12(7-9-14)10-15-18(24)22-19(25)16(21-15)11-17(23)13-4-2-1-3-5-13/h1-10H,11H2,(H,22,24,25)/b15-10+. The van der Waals surface area contributed by atoms with Gasteiger partial charge in [-0.05, 0) is 23.8 Å². The summed E-state index contributed by atoms with van der Waals surface area (Å²) in [6.45, 7) is 0. The van der Waals surface area contributed by atoms with Gasteiger partial charge < -0.3 is 0 Å². The van der Waals surface area contributed by atoms with E-state index in [1.807, 2.05) is 0 Å². The molecule has 124 valence electrons. The summed E-state index contributed by atoms with van der Waals surface area (Å²) in [5, 5.41) is 2.16. The second kappa shape index (κ2) is 7.00. The minimum Gasteiger partial charge on any atom is -0.294 e. The summed E-state index contributed by atoms with van der Waals surface area (Å²) in [5.74, 6) is -2.02. The third-order valence-corrected chi connectivity index (χ3v) is 3.57. The number of amides is 2. The highest BCUT2D eigenvalue weighted by atomic mass is 19.1. The van der Waals surface area contributed by atoms with Crippen molar-refractivity contribution in [2.45, 2.75) is 6.42 Å². The highest BCUT2D eigenvalue weighted by molar-refractivity contribution is 6.47. The number of carbonyl (C=O) groups is 3. The van der Waals surface area contributed by atoms with Crippen LogP contribution in [0.4, 0.5) is 4.39 Å². The van der Waals surface area contributed by atoms with Gasteiger partial charge >= 0.3 is 0 Å². The molecule has 1 N–H and O–H groups in total. The maximum atomic E-state index is 13.0. The molecule has 0 unspecified atom stereocenters. The lowest BCUT2D eigenvalue weighted by Crippen LogP contribution is -2.41. The van der Waals surface area contributed by atoms with Crippen LogP contribution in [0.3, 0.4) is 0 Å². The molecule has 0 radical (unpaired) electrons. The van der Waals surface area contributed by atoms with E-state index in [-0.39, 0.29) is 23.6 Å². The first-order chi connectivity index (χ1) is 12.0. The van der Waals surface area contributed by atoms with Crippen molar-refractivity contribution in [3.8, 4) is 0 Å². The lowest BCUT2D eigenvalue weighted by atomic mass is 10.0. The normalized spacial score (nSPS) is 15.7. The molecular formula is C19H13FN2O3. The molecule has 0 aromatic heterocycles. The maximum absolute atomic E-state index is 13.0. The van der Waals surface area contributed by atoms with Crippen LogP contribution in [0.25, 0.3) is 6.08 Å². The van der Waals surface area contributed by atoms with Gasteiger partial charge in [0.15, 0.2) is 5.78 Å². The monoisotopic (exact) mass is 336 g/mol. The van der Waals surface area contributed by atoms with Crippen molar-refractivity contribution in [2.24, 2.45) is 4.99 Å². The van der Waals surface area contributed by atoms with Gasteiger partial charge in [0, 0.05) is 5.56 Å². The van der Waals surface area contributed by atoms with Crippen molar-refractivity contribution < 1.29 is 18.8 Å². The molecule has 0 saturated heterocycles. The Morgan fingerprint density at radius 1 is 1.00 bits per heavy atom. The van der Waals surface area contributed by atoms with Gasteiger partial charge in [-0.2, -0.15) is 0 Å². The maximum Gasteiger partial charge on any atom is 0.276 e. The van der Waals surface area contributed by atoms with Crippen molar-refractivity contribution in [3.05, 3.63) is 77.2 Å². The van der Waals surface area contributed by atoms with E-state index in [2.05, 4.69) is 10.3 Å². The van der Waals surface area contributed by atoms with Gasteiger partial charge in [0.25, 0.3) is 11.8 Å². The summed E-state index contributed by atoms with van der Waals surface area (Å²) in [5.41, 5.74) is 0.959. The minimum atomic E-state index is -0.689. The lowest BCUT2D eigenvalue weighted by Gasteiger charge is -2.13. The second-order valence-electron chi connectivity index (χ2n) is 5.39. The van der Waals surface area contributed by atoms with Gasteiger partial charge in [0.05, 0.1) is 6.42 Å². The topological polar surface area (TPSA) is 75.6 Å². The first-order valence-electron chi connectivity index (χ1n) is 7.52. The van der Waals surface area contributed by atoms with Crippen LogP contribution in [-0.4, -0.2) is 23.3 Å². The van der Waals surface area contributed by atoms with E-state index in [0.717, 1.165) is 0 Å². The highest BCUT2D eigenvalue weighted by Gasteiger charge is 2.26. The number of aliphatic imine (C=N–C) groups is 1. The molecule has 0 bridgehead atoms. The van der Waals surface area contributed by atoms with Crippen LogP contribution in [0, 0.1) is 5.82 Å². The molecule has 0 saturated carbocycles. The average Bonchev–Trinajstić information content (AvgIpc) is 2.61.